The first-order valence-electron chi connectivity index (χ1n) is 5.18. The van der Waals surface area contributed by atoms with Crippen LogP contribution in [0.25, 0.3) is 10.4 Å². The second-order valence-electron chi connectivity index (χ2n) is 3.83. The van der Waals surface area contributed by atoms with Crippen molar-refractivity contribution < 1.29 is 26.4 Å². The number of rotatable bonds is 5. The molecular weight excluding hydrogens is 293 g/mol. The quantitative estimate of drug-likeness (QED) is 0.386. The van der Waals surface area contributed by atoms with Crippen LogP contribution in [0.4, 0.5) is 3.89 Å². The maximum atomic E-state index is 12.7. The highest BCUT2D eigenvalue weighted by molar-refractivity contribution is 7.81. The predicted octanol–water partition coefficient (Wildman–Crippen LogP) is 2.41. The molecule has 0 saturated carbocycles. The van der Waals surface area contributed by atoms with Crippen LogP contribution < -0.4 is 4.18 Å². The molecule has 0 amide bonds. The molecule has 0 fully saturated rings. The molecular formula is C10H10FN3O5S. The van der Waals surface area contributed by atoms with Gasteiger partial charge in [-0.2, -0.15) is 8.42 Å². The summed E-state index contributed by atoms with van der Waals surface area (Å²) in [5.41, 5.74) is 8.36. The number of aromatic carboxylic acids is 1. The minimum atomic E-state index is -5.30. The van der Waals surface area contributed by atoms with Crippen LogP contribution in [0.2, 0.25) is 0 Å². The first-order valence-corrected chi connectivity index (χ1v) is 6.49. The van der Waals surface area contributed by atoms with Crippen molar-refractivity contribution in [2.45, 2.75) is 20.4 Å². The van der Waals surface area contributed by atoms with E-state index in [2.05, 4.69) is 14.2 Å². The van der Waals surface area contributed by atoms with Crippen LogP contribution in [-0.4, -0.2) is 19.5 Å². The number of carboxylic acid groups (broad SMARTS) is 1. The lowest BCUT2D eigenvalue weighted by Crippen LogP contribution is -2.10. The number of carbonyl (C=O) groups is 1. The molecule has 0 bridgehead atoms. The number of nitrogens with zero attached hydrogens (tertiary/aromatic N) is 3. The second-order valence-corrected chi connectivity index (χ2v) is 4.79. The van der Waals surface area contributed by atoms with E-state index in [1.54, 1.807) is 0 Å². The van der Waals surface area contributed by atoms with Crippen molar-refractivity contribution in [2.24, 2.45) is 5.11 Å². The largest absolute Gasteiger partial charge is 0.488 e. The fourth-order valence-electron chi connectivity index (χ4n) is 1.66. The maximum absolute atomic E-state index is 12.7. The molecule has 0 aliphatic carbocycles. The zero-order chi connectivity index (χ0) is 15.5. The minimum absolute atomic E-state index is 0.0408. The third-order valence-electron chi connectivity index (χ3n) is 2.60. The molecule has 10 heteroatoms. The third-order valence-corrected chi connectivity index (χ3v) is 2.97. The molecule has 1 N–H and O–H groups in total. The standard InChI is InChI=1S/C10H10FN3O5S/c1-5-7(4-13-14-12)3-8(10(15)16)6(2)9(5)19-20(11,17)18/h3H,4H2,1-2H3,(H,15,16). The van der Waals surface area contributed by atoms with E-state index in [9.17, 15) is 17.1 Å². The van der Waals surface area contributed by atoms with Gasteiger partial charge >= 0.3 is 16.5 Å². The van der Waals surface area contributed by atoms with Crippen LogP contribution in [0.15, 0.2) is 11.2 Å². The second kappa shape index (κ2) is 5.76. The van der Waals surface area contributed by atoms with Crippen LogP contribution in [-0.2, 0) is 17.0 Å². The molecule has 8 nitrogen and oxygen atoms in total. The summed E-state index contributed by atoms with van der Waals surface area (Å²) in [7, 11) is -5.30. The molecule has 0 atom stereocenters. The highest BCUT2D eigenvalue weighted by Crippen LogP contribution is 2.31. The predicted molar refractivity (Wildman–Crippen MR) is 66.4 cm³/mol. The Bertz CT molecular complexity index is 710. The normalized spacial score (nSPS) is 10.8. The molecule has 1 rings (SSSR count). The SMILES string of the molecule is Cc1c(CN=[N+]=[N-])cc(C(=O)O)c(C)c1OS(=O)(=O)F. The average molecular weight is 303 g/mol. The van der Waals surface area contributed by atoms with E-state index in [-0.39, 0.29) is 28.8 Å². The summed E-state index contributed by atoms with van der Waals surface area (Å²) >= 11 is 0. The Balaban J connectivity index is 3.58. The van der Waals surface area contributed by atoms with E-state index < -0.39 is 22.2 Å². The summed E-state index contributed by atoms with van der Waals surface area (Å²) in [5.74, 6) is -1.76. The Kier molecular flexibility index (Phi) is 4.53. The summed E-state index contributed by atoms with van der Waals surface area (Å²) in [6.45, 7) is 2.47. The lowest BCUT2D eigenvalue weighted by molar-refractivity contribution is 0.0695. The van der Waals surface area contributed by atoms with Gasteiger partial charge in [-0.05, 0) is 36.6 Å². The smallest absolute Gasteiger partial charge is 0.478 e. The summed E-state index contributed by atoms with van der Waals surface area (Å²) in [4.78, 5) is 13.6. The van der Waals surface area contributed by atoms with Gasteiger partial charge < -0.3 is 9.29 Å². The number of benzene rings is 1. The zero-order valence-electron chi connectivity index (χ0n) is 10.5. The average Bonchev–Trinajstić information content (AvgIpc) is 2.32. The van der Waals surface area contributed by atoms with Crippen LogP contribution in [0.5, 0.6) is 5.75 Å². The summed E-state index contributed by atoms with van der Waals surface area (Å²) < 4.78 is 38.0. The van der Waals surface area contributed by atoms with Gasteiger partial charge in [0.25, 0.3) is 0 Å². The van der Waals surface area contributed by atoms with E-state index in [1.807, 2.05) is 0 Å². The lowest BCUT2D eigenvalue weighted by atomic mass is 9.98. The van der Waals surface area contributed by atoms with Gasteiger partial charge in [0.05, 0.1) is 12.1 Å². The number of carboxylic acids is 1. The molecule has 0 heterocycles. The zero-order valence-corrected chi connectivity index (χ0v) is 11.3. The van der Waals surface area contributed by atoms with Crippen molar-refractivity contribution in [3.63, 3.8) is 0 Å². The molecule has 0 spiro atoms. The molecule has 20 heavy (non-hydrogen) atoms. The van der Waals surface area contributed by atoms with Gasteiger partial charge in [-0.25, -0.2) is 4.79 Å². The minimum Gasteiger partial charge on any atom is -0.478 e. The molecule has 1 aromatic rings. The van der Waals surface area contributed by atoms with Crippen molar-refractivity contribution in [2.75, 3.05) is 0 Å². The Morgan fingerprint density at radius 3 is 2.55 bits per heavy atom. The molecule has 0 saturated heterocycles. The number of azide groups is 1. The fourth-order valence-corrected chi connectivity index (χ4v) is 2.11. The van der Waals surface area contributed by atoms with Gasteiger partial charge in [-0.1, -0.05) is 9.00 Å². The van der Waals surface area contributed by atoms with Crippen molar-refractivity contribution in [1.82, 2.24) is 0 Å². The van der Waals surface area contributed by atoms with Crippen molar-refractivity contribution in [1.29, 1.82) is 0 Å². The number of hydrogen-bond donors (Lipinski definition) is 1. The molecule has 1 aromatic carbocycles. The molecule has 0 unspecified atom stereocenters. The van der Waals surface area contributed by atoms with E-state index >= 15 is 0 Å². The van der Waals surface area contributed by atoms with E-state index in [1.165, 1.54) is 19.9 Å². The number of hydrogen-bond acceptors (Lipinski definition) is 5. The molecule has 108 valence electrons. The highest BCUT2D eigenvalue weighted by atomic mass is 32.3. The van der Waals surface area contributed by atoms with Gasteiger partial charge in [-0.15, -0.1) is 0 Å². The van der Waals surface area contributed by atoms with Crippen molar-refractivity contribution in [3.05, 3.63) is 38.8 Å². The van der Waals surface area contributed by atoms with E-state index in [0.717, 1.165) is 0 Å². The van der Waals surface area contributed by atoms with Crippen LogP contribution >= 0.6 is 0 Å². The van der Waals surface area contributed by atoms with Crippen molar-refractivity contribution in [3.8, 4) is 5.75 Å². The first kappa shape index (κ1) is 15.7. The number of halogens is 1. The molecule has 0 aliphatic heterocycles. The summed E-state index contributed by atoms with van der Waals surface area (Å²) in [6.07, 6.45) is 0. The van der Waals surface area contributed by atoms with Gasteiger partial charge in [0, 0.05) is 10.5 Å². The Hall–Kier alpha value is -2.32. The third kappa shape index (κ3) is 3.59. The summed E-state index contributed by atoms with van der Waals surface area (Å²) in [5, 5.41) is 12.3. The Labute approximate surface area is 113 Å². The van der Waals surface area contributed by atoms with Gasteiger partial charge in [0.1, 0.15) is 0 Å². The molecule has 0 radical (unpaired) electrons. The Morgan fingerprint density at radius 2 is 2.10 bits per heavy atom. The van der Waals surface area contributed by atoms with E-state index in [0.29, 0.717) is 0 Å². The van der Waals surface area contributed by atoms with Gasteiger partial charge in [0.2, 0.25) is 0 Å². The Morgan fingerprint density at radius 1 is 1.50 bits per heavy atom. The first-order chi connectivity index (χ1) is 9.17. The maximum Gasteiger partial charge on any atom is 0.488 e. The highest BCUT2D eigenvalue weighted by Gasteiger charge is 2.21. The molecule has 0 aliphatic rings. The molecule has 0 aromatic heterocycles. The van der Waals surface area contributed by atoms with Crippen LogP contribution in [0.1, 0.15) is 27.0 Å². The van der Waals surface area contributed by atoms with Crippen LogP contribution in [0, 0.1) is 13.8 Å². The van der Waals surface area contributed by atoms with Crippen molar-refractivity contribution >= 4 is 16.5 Å². The summed E-state index contributed by atoms with van der Waals surface area (Å²) in [6, 6.07) is 1.22. The topological polar surface area (TPSA) is 129 Å². The lowest BCUT2D eigenvalue weighted by Gasteiger charge is -2.14. The van der Waals surface area contributed by atoms with Gasteiger partial charge in [-0.3, -0.25) is 0 Å². The fraction of sp³-hybridized carbons (Fsp3) is 0.300. The van der Waals surface area contributed by atoms with E-state index in [4.69, 9.17) is 10.6 Å². The van der Waals surface area contributed by atoms with Gasteiger partial charge in [0.15, 0.2) is 5.75 Å². The van der Waals surface area contributed by atoms with Crippen LogP contribution in [0.3, 0.4) is 0 Å². The monoisotopic (exact) mass is 303 g/mol.